The van der Waals surface area contributed by atoms with Crippen molar-refractivity contribution >= 4 is 0 Å². The number of hydrogen-bond donors (Lipinski definition) is 1. The van der Waals surface area contributed by atoms with Crippen molar-refractivity contribution in [3.8, 4) is 0 Å². The second kappa shape index (κ2) is 6.85. The zero-order chi connectivity index (χ0) is 12.8. The topological polar surface area (TPSA) is 60.0 Å². The number of rotatable bonds is 6. The van der Waals surface area contributed by atoms with Crippen molar-refractivity contribution in [2.24, 2.45) is 11.7 Å². The van der Waals surface area contributed by atoms with Gasteiger partial charge in [-0.3, -0.25) is 4.68 Å². The van der Waals surface area contributed by atoms with E-state index >= 15 is 0 Å². The van der Waals surface area contributed by atoms with Gasteiger partial charge in [-0.1, -0.05) is 25.0 Å². The van der Waals surface area contributed by atoms with Gasteiger partial charge in [-0.25, -0.2) is 0 Å². The predicted molar refractivity (Wildman–Crippen MR) is 72.0 cm³/mol. The summed E-state index contributed by atoms with van der Waals surface area (Å²) in [7, 11) is 0. The molecule has 0 aliphatic carbocycles. The van der Waals surface area contributed by atoms with Crippen LogP contribution in [0, 0.1) is 5.92 Å². The highest BCUT2D eigenvalue weighted by Gasteiger charge is 2.18. The molecule has 18 heavy (non-hydrogen) atoms. The minimum Gasteiger partial charge on any atom is -0.325 e. The Kier molecular flexibility index (Phi) is 5.13. The summed E-state index contributed by atoms with van der Waals surface area (Å²) in [4.78, 5) is 2.54. The lowest BCUT2D eigenvalue weighted by Crippen LogP contribution is -2.35. The third-order valence-corrected chi connectivity index (χ3v) is 3.84. The zero-order valence-electron chi connectivity index (χ0n) is 11.4. The van der Waals surface area contributed by atoms with Crippen LogP contribution in [0.3, 0.4) is 0 Å². The largest absolute Gasteiger partial charge is 0.325 e. The SMILES string of the molecule is CCCC1CCN(CCn2cc(CN)nn2)CC1. The Labute approximate surface area is 109 Å². The van der Waals surface area contributed by atoms with E-state index < -0.39 is 0 Å². The summed E-state index contributed by atoms with van der Waals surface area (Å²) < 4.78 is 1.90. The molecule has 2 rings (SSSR count). The molecule has 1 aromatic rings. The maximum Gasteiger partial charge on any atom is 0.0962 e. The second-order valence-corrected chi connectivity index (χ2v) is 5.25. The molecule has 0 radical (unpaired) electrons. The Balaban J connectivity index is 1.68. The predicted octanol–water partition coefficient (Wildman–Crippen LogP) is 1.25. The van der Waals surface area contributed by atoms with Gasteiger partial charge >= 0.3 is 0 Å². The molecule has 1 aliphatic rings. The van der Waals surface area contributed by atoms with Gasteiger partial charge in [0, 0.05) is 19.3 Å². The van der Waals surface area contributed by atoms with Gasteiger partial charge in [-0.05, 0) is 31.8 Å². The van der Waals surface area contributed by atoms with Crippen LogP contribution >= 0.6 is 0 Å². The molecule has 1 aliphatic heterocycles. The lowest BCUT2D eigenvalue weighted by atomic mass is 9.92. The van der Waals surface area contributed by atoms with Crippen LogP contribution in [-0.2, 0) is 13.1 Å². The summed E-state index contributed by atoms with van der Waals surface area (Å²) in [5.41, 5.74) is 6.39. The lowest BCUT2D eigenvalue weighted by molar-refractivity contribution is 0.171. The molecule has 2 heterocycles. The summed E-state index contributed by atoms with van der Waals surface area (Å²) in [6.45, 7) is 7.23. The normalized spacial score (nSPS) is 18.3. The molecule has 0 spiro atoms. The van der Waals surface area contributed by atoms with Gasteiger partial charge in [-0.2, -0.15) is 0 Å². The number of nitrogens with zero attached hydrogens (tertiary/aromatic N) is 4. The van der Waals surface area contributed by atoms with E-state index in [0.717, 1.165) is 24.7 Å². The highest BCUT2D eigenvalue weighted by molar-refractivity contribution is 4.90. The summed E-state index contributed by atoms with van der Waals surface area (Å²) in [6.07, 6.45) is 7.39. The number of aromatic nitrogens is 3. The van der Waals surface area contributed by atoms with Crippen molar-refractivity contribution in [3.05, 3.63) is 11.9 Å². The molecule has 1 saturated heterocycles. The lowest BCUT2D eigenvalue weighted by Gasteiger charge is -2.31. The summed E-state index contributed by atoms with van der Waals surface area (Å²) in [5, 5.41) is 8.08. The maximum absolute atomic E-state index is 5.52. The van der Waals surface area contributed by atoms with Gasteiger partial charge in [0.2, 0.25) is 0 Å². The van der Waals surface area contributed by atoms with Crippen LogP contribution in [0.1, 0.15) is 38.3 Å². The van der Waals surface area contributed by atoms with Gasteiger partial charge < -0.3 is 10.6 Å². The first-order valence-corrected chi connectivity index (χ1v) is 7.13. The van der Waals surface area contributed by atoms with Crippen LogP contribution < -0.4 is 5.73 Å². The van der Waals surface area contributed by atoms with E-state index in [0.29, 0.717) is 6.54 Å². The van der Waals surface area contributed by atoms with Crippen molar-refractivity contribution < 1.29 is 0 Å². The fourth-order valence-electron chi connectivity index (χ4n) is 2.69. The van der Waals surface area contributed by atoms with Crippen LogP contribution in [0.5, 0.6) is 0 Å². The summed E-state index contributed by atoms with van der Waals surface area (Å²) in [5.74, 6) is 0.960. The second-order valence-electron chi connectivity index (χ2n) is 5.25. The van der Waals surface area contributed by atoms with Crippen LogP contribution in [0.15, 0.2) is 6.20 Å². The van der Waals surface area contributed by atoms with Crippen LogP contribution in [0.4, 0.5) is 0 Å². The van der Waals surface area contributed by atoms with Crippen molar-refractivity contribution in [2.45, 2.75) is 45.7 Å². The fraction of sp³-hybridized carbons (Fsp3) is 0.846. The molecule has 5 heteroatoms. The summed E-state index contributed by atoms with van der Waals surface area (Å²) >= 11 is 0. The van der Waals surface area contributed by atoms with E-state index in [2.05, 4.69) is 22.1 Å². The van der Waals surface area contributed by atoms with Crippen molar-refractivity contribution in [2.75, 3.05) is 19.6 Å². The molecular weight excluding hydrogens is 226 g/mol. The molecule has 0 saturated carbocycles. The van der Waals surface area contributed by atoms with Crippen LogP contribution in [0.25, 0.3) is 0 Å². The molecule has 1 fully saturated rings. The van der Waals surface area contributed by atoms with Crippen molar-refractivity contribution in [3.63, 3.8) is 0 Å². The Hall–Kier alpha value is -0.940. The number of piperidine rings is 1. The van der Waals surface area contributed by atoms with E-state index in [-0.39, 0.29) is 0 Å². The number of likely N-dealkylation sites (tertiary alicyclic amines) is 1. The first-order valence-electron chi connectivity index (χ1n) is 7.13. The maximum atomic E-state index is 5.52. The Morgan fingerprint density at radius 1 is 1.33 bits per heavy atom. The quantitative estimate of drug-likeness (QED) is 0.826. The van der Waals surface area contributed by atoms with Gasteiger partial charge in [0.1, 0.15) is 0 Å². The van der Waals surface area contributed by atoms with E-state index in [1.165, 1.54) is 38.8 Å². The molecule has 1 aromatic heterocycles. The average Bonchev–Trinajstić information content (AvgIpc) is 2.86. The van der Waals surface area contributed by atoms with E-state index in [4.69, 9.17) is 5.73 Å². The first kappa shape index (κ1) is 13.5. The number of nitrogens with two attached hydrogens (primary N) is 1. The fourth-order valence-corrected chi connectivity index (χ4v) is 2.69. The molecule has 0 atom stereocenters. The monoisotopic (exact) mass is 251 g/mol. The molecular formula is C13H25N5. The Morgan fingerprint density at radius 3 is 2.72 bits per heavy atom. The molecule has 102 valence electrons. The standard InChI is InChI=1S/C13H25N5/c1-2-3-12-4-6-17(7-5-12)8-9-18-11-13(10-14)15-16-18/h11-12H,2-10,14H2,1H3. The molecule has 0 bridgehead atoms. The third kappa shape index (κ3) is 3.78. The molecule has 5 nitrogen and oxygen atoms in total. The minimum atomic E-state index is 0.475. The van der Waals surface area contributed by atoms with Gasteiger partial charge in [0.05, 0.1) is 12.2 Å². The van der Waals surface area contributed by atoms with Crippen LogP contribution in [-0.4, -0.2) is 39.5 Å². The van der Waals surface area contributed by atoms with Crippen molar-refractivity contribution in [1.29, 1.82) is 0 Å². The minimum absolute atomic E-state index is 0.475. The van der Waals surface area contributed by atoms with Gasteiger partial charge in [-0.15, -0.1) is 5.10 Å². The van der Waals surface area contributed by atoms with Crippen molar-refractivity contribution in [1.82, 2.24) is 19.9 Å². The molecule has 0 amide bonds. The number of hydrogen-bond acceptors (Lipinski definition) is 4. The Morgan fingerprint density at radius 2 is 2.11 bits per heavy atom. The third-order valence-electron chi connectivity index (χ3n) is 3.84. The highest BCUT2D eigenvalue weighted by atomic mass is 15.4. The van der Waals surface area contributed by atoms with Crippen LogP contribution in [0.2, 0.25) is 0 Å². The molecule has 2 N–H and O–H groups in total. The highest BCUT2D eigenvalue weighted by Crippen LogP contribution is 2.21. The van der Waals surface area contributed by atoms with E-state index in [1.807, 2.05) is 10.9 Å². The molecule has 0 aromatic carbocycles. The Bertz CT molecular complexity index is 341. The van der Waals surface area contributed by atoms with E-state index in [1.54, 1.807) is 0 Å². The van der Waals surface area contributed by atoms with Gasteiger partial charge in [0.15, 0.2) is 0 Å². The first-order chi connectivity index (χ1) is 8.81. The zero-order valence-corrected chi connectivity index (χ0v) is 11.4. The molecule has 0 unspecified atom stereocenters. The average molecular weight is 251 g/mol. The summed E-state index contributed by atoms with van der Waals surface area (Å²) in [6, 6.07) is 0. The van der Waals surface area contributed by atoms with E-state index in [9.17, 15) is 0 Å². The van der Waals surface area contributed by atoms with Gasteiger partial charge in [0.25, 0.3) is 0 Å². The smallest absolute Gasteiger partial charge is 0.0962 e.